The molecule has 0 aromatic carbocycles. The highest BCUT2D eigenvalue weighted by Crippen LogP contribution is 2.13. The highest BCUT2D eigenvalue weighted by Gasteiger charge is 2.16. The lowest BCUT2D eigenvalue weighted by Crippen LogP contribution is -2.41. The molecule has 4 heteroatoms. The van der Waals surface area contributed by atoms with Crippen LogP contribution in [0.15, 0.2) is 0 Å². The van der Waals surface area contributed by atoms with Gasteiger partial charge < -0.3 is 20.2 Å². The number of rotatable bonds is 6. The molecule has 2 unspecified atom stereocenters. The first-order chi connectivity index (χ1) is 7.58. The fourth-order valence-electron chi connectivity index (χ4n) is 2.38. The maximum Gasteiger partial charge on any atom is 0.0791 e. The van der Waals surface area contributed by atoms with E-state index >= 15 is 0 Å². The Morgan fingerprint density at radius 3 is 2.88 bits per heavy atom. The molecule has 1 fully saturated rings. The minimum absolute atomic E-state index is 0.253. The number of piperidine rings is 1. The van der Waals surface area contributed by atoms with E-state index in [2.05, 4.69) is 17.3 Å². The van der Waals surface area contributed by atoms with Gasteiger partial charge in [-0.3, -0.25) is 0 Å². The molecule has 2 N–H and O–H groups in total. The summed E-state index contributed by atoms with van der Waals surface area (Å²) in [5.41, 5.74) is 0. The van der Waals surface area contributed by atoms with Gasteiger partial charge in [0.1, 0.15) is 0 Å². The lowest BCUT2D eigenvalue weighted by Gasteiger charge is -2.30. The van der Waals surface area contributed by atoms with Crippen molar-refractivity contribution in [1.82, 2.24) is 15.1 Å². The first kappa shape index (κ1) is 13.9. The normalized spacial score (nSPS) is 24.9. The van der Waals surface area contributed by atoms with Gasteiger partial charge in [-0.15, -0.1) is 0 Å². The number of nitrogens with zero attached hydrogens (tertiary/aromatic N) is 2. The Labute approximate surface area is 99.6 Å². The predicted molar refractivity (Wildman–Crippen MR) is 67.7 cm³/mol. The fourth-order valence-corrected chi connectivity index (χ4v) is 2.38. The van der Waals surface area contributed by atoms with E-state index in [1.807, 2.05) is 19.0 Å². The minimum atomic E-state index is -0.253. The standard InChI is InChI=1S/C12H27N3O/c1-14(2)10-12(16)8-13-7-11-5-4-6-15(3)9-11/h11-13,16H,4-10H2,1-3H3. The molecule has 2 atom stereocenters. The molecule has 1 saturated heterocycles. The predicted octanol–water partition coefficient (Wildman–Crippen LogP) is -0.160. The van der Waals surface area contributed by atoms with Gasteiger partial charge in [-0.1, -0.05) is 0 Å². The zero-order chi connectivity index (χ0) is 12.0. The Kier molecular flexibility index (Phi) is 6.28. The van der Waals surface area contributed by atoms with Crippen molar-refractivity contribution in [3.05, 3.63) is 0 Å². The SMILES string of the molecule is CN(C)CC(O)CNCC1CCCN(C)C1. The summed E-state index contributed by atoms with van der Waals surface area (Å²) < 4.78 is 0. The van der Waals surface area contributed by atoms with Crippen LogP contribution in [0.3, 0.4) is 0 Å². The molecule has 0 aliphatic carbocycles. The summed E-state index contributed by atoms with van der Waals surface area (Å²) in [7, 11) is 6.16. The van der Waals surface area contributed by atoms with Crippen molar-refractivity contribution >= 4 is 0 Å². The summed E-state index contributed by atoms with van der Waals surface area (Å²) >= 11 is 0. The molecule has 1 rings (SSSR count). The largest absolute Gasteiger partial charge is 0.390 e. The summed E-state index contributed by atoms with van der Waals surface area (Å²) in [6.07, 6.45) is 2.38. The first-order valence-electron chi connectivity index (χ1n) is 6.30. The third-order valence-electron chi connectivity index (χ3n) is 3.11. The van der Waals surface area contributed by atoms with Gasteiger partial charge in [-0.05, 0) is 53.0 Å². The summed E-state index contributed by atoms with van der Waals surface area (Å²) in [6, 6.07) is 0. The highest BCUT2D eigenvalue weighted by atomic mass is 16.3. The third kappa shape index (κ3) is 5.80. The molecule has 0 radical (unpaired) electrons. The van der Waals surface area contributed by atoms with Gasteiger partial charge in [-0.2, -0.15) is 0 Å². The number of nitrogens with one attached hydrogen (secondary N) is 1. The molecule has 4 nitrogen and oxygen atoms in total. The summed E-state index contributed by atoms with van der Waals surface area (Å²) in [4.78, 5) is 4.41. The van der Waals surface area contributed by atoms with E-state index in [0.29, 0.717) is 6.54 Å². The Hall–Kier alpha value is -0.160. The van der Waals surface area contributed by atoms with Crippen LogP contribution in [-0.4, -0.2) is 74.9 Å². The van der Waals surface area contributed by atoms with Crippen molar-refractivity contribution in [3.8, 4) is 0 Å². The summed E-state index contributed by atoms with van der Waals surface area (Å²) in [5, 5.41) is 13.1. The van der Waals surface area contributed by atoms with Gasteiger partial charge in [0.15, 0.2) is 0 Å². The molecular formula is C12H27N3O. The quantitative estimate of drug-likeness (QED) is 0.664. The Morgan fingerprint density at radius 2 is 2.25 bits per heavy atom. The number of hydrogen-bond acceptors (Lipinski definition) is 4. The topological polar surface area (TPSA) is 38.7 Å². The van der Waals surface area contributed by atoms with E-state index in [0.717, 1.165) is 19.0 Å². The van der Waals surface area contributed by atoms with Crippen LogP contribution in [0.5, 0.6) is 0 Å². The van der Waals surface area contributed by atoms with Crippen molar-refractivity contribution in [1.29, 1.82) is 0 Å². The molecule has 0 bridgehead atoms. The zero-order valence-electron chi connectivity index (χ0n) is 10.9. The number of aliphatic hydroxyl groups is 1. The Bertz CT molecular complexity index is 187. The molecule has 1 heterocycles. The van der Waals surface area contributed by atoms with Gasteiger partial charge >= 0.3 is 0 Å². The van der Waals surface area contributed by atoms with Crippen molar-refractivity contribution < 1.29 is 5.11 Å². The van der Waals surface area contributed by atoms with Gasteiger partial charge in [0.2, 0.25) is 0 Å². The van der Waals surface area contributed by atoms with Gasteiger partial charge in [0, 0.05) is 19.6 Å². The second-order valence-corrected chi connectivity index (χ2v) is 5.34. The van der Waals surface area contributed by atoms with Crippen molar-refractivity contribution in [2.24, 2.45) is 5.92 Å². The number of hydrogen-bond donors (Lipinski definition) is 2. The summed E-state index contributed by atoms with van der Waals surface area (Å²) in [6.45, 7) is 4.90. The van der Waals surface area contributed by atoms with Crippen LogP contribution in [0.4, 0.5) is 0 Å². The van der Waals surface area contributed by atoms with E-state index in [-0.39, 0.29) is 6.10 Å². The van der Waals surface area contributed by atoms with E-state index in [4.69, 9.17) is 0 Å². The molecule has 0 aromatic heterocycles. The van der Waals surface area contributed by atoms with Crippen LogP contribution >= 0.6 is 0 Å². The van der Waals surface area contributed by atoms with Gasteiger partial charge in [-0.25, -0.2) is 0 Å². The van der Waals surface area contributed by atoms with Crippen LogP contribution < -0.4 is 5.32 Å². The number of likely N-dealkylation sites (tertiary alicyclic amines) is 1. The van der Waals surface area contributed by atoms with Crippen LogP contribution in [0.25, 0.3) is 0 Å². The number of likely N-dealkylation sites (N-methyl/N-ethyl adjacent to an activating group) is 1. The smallest absolute Gasteiger partial charge is 0.0791 e. The lowest BCUT2D eigenvalue weighted by atomic mass is 9.98. The maximum absolute atomic E-state index is 9.69. The molecule has 0 amide bonds. The number of aliphatic hydroxyl groups excluding tert-OH is 1. The van der Waals surface area contributed by atoms with Crippen LogP contribution in [0, 0.1) is 5.92 Å². The van der Waals surface area contributed by atoms with E-state index in [9.17, 15) is 5.11 Å². The Morgan fingerprint density at radius 1 is 1.50 bits per heavy atom. The molecule has 96 valence electrons. The van der Waals surface area contributed by atoms with E-state index < -0.39 is 0 Å². The lowest BCUT2D eigenvalue weighted by molar-refractivity contribution is 0.130. The molecule has 16 heavy (non-hydrogen) atoms. The molecule has 0 aromatic rings. The van der Waals surface area contributed by atoms with Gasteiger partial charge in [0.05, 0.1) is 6.10 Å². The monoisotopic (exact) mass is 229 g/mol. The first-order valence-corrected chi connectivity index (χ1v) is 6.30. The van der Waals surface area contributed by atoms with Crippen molar-refractivity contribution in [2.75, 3.05) is 53.9 Å². The molecule has 1 aliphatic heterocycles. The molecule has 1 aliphatic rings. The average Bonchev–Trinajstić information content (AvgIpc) is 2.16. The average molecular weight is 229 g/mol. The zero-order valence-corrected chi connectivity index (χ0v) is 10.9. The fraction of sp³-hybridized carbons (Fsp3) is 1.00. The second-order valence-electron chi connectivity index (χ2n) is 5.34. The van der Waals surface area contributed by atoms with Crippen LogP contribution in [-0.2, 0) is 0 Å². The maximum atomic E-state index is 9.69. The molecular weight excluding hydrogens is 202 g/mol. The minimum Gasteiger partial charge on any atom is -0.390 e. The summed E-state index contributed by atoms with van der Waals surface area (Å²) in [5.74, 6) is 0.755. The third-order valence-corrected chi connectivity index (χ3v) is 3.11. The molecule has 0 spiro atoms. The second kappa shape index (κ2) is 7.22. The van der Waals surface area contributed by atoms with E-state index in [1.54, 1.807) is 0 Å². The van der Waals surface area contributed by atoms with Crippen LogP contribution in [0.2, 0.25) is 0 Å². The molecule has 0 saturated carbocycles. The van der Waals surface area contributed by atoms with Gasteiger partial charge in [0.25, 0.3) is 0 Å². The van der Waals surface area contributed by atoms with E-state index in [1.165, 1.54) is 25.9 Å². The highest BCUT2D eigenvalue weighted by molar-refractivity contribution is 4.73. The van der Waals surface area contributed by atoms with Crippen molar-refractivity contribution in [2.45, 2.75) is 18.9 Å². The van der Waals surface area contributed by atoms with Crippen LogP contribution in [0.1, 0.15) is 12.8 Å². The van der Waals surface area contributed by atoms with Crippen molar-refractivity contribution in [3.63, 3.8) is 0 Å². The Balaban J connectivity index is 2.05.